The molecule has 2 N–H and O–H groups in total. The molecule has 18 heavy (non-hydrogen) atoms. The van der Waals surface area contributed by atoms with E-state index < -0.39 is 0 Å². The summed E-state index contributed by atoms with van der Waals surface area (Å²) in [5.74, 6) is -0.245. The van der Waals surface area contributed by atoms with E-state index >= 15 is 0 Å². The van der Waals surface area contributed by atoms with E-state index in [1.165, 1.54) is 12.1 Å². The van der Waals surface area contributed by atoms with E-state index in [9.17, 15) is 4.39 Å². The molecule has 0 aromatic heterocycles. The highest BCUT2D eigenvalue weighted by molar-refractivity contribution is 9.10. The predicted molar refractivity (Wildman–Crippen MR) is 76.0 cm³/mol. The summed E-state index contributed by atoms with van der Waals surface area (Å²) in [6.45, 7) is 6.25. The van der Waals surface area contributed by atoms with Crippen molar-refractivity contribution >= 4 is 15.9 Å². The SMILES string of the molecule is COC(C(N)Cc1cc(F)ccc1Br)C(C)(C)C. The Balaban J connectivity index is 2.86. The zero-order valence-corrected chi connectivity index (χ0v) is 12.9. The third-order valence-electron chi connectivity index (χ3n) is 2.96. The molecule has 0 saturated carbocycles. The molecule has 102 valence electrons. The minimum absolute atomic E-state index is 0.0477. The second-order valence-corrected chi connectivity index (χ2v) is 6.48. The molecular weight excluding hydrogens is 297 g/mol. The van der Waals surface area contributed by atoms with Gasteiger partial charge in [0.25, 0.3) is 0 Å². The molecule has 0 fully saturated rings. The Morgan fingerprint density at radius 1 is 1.39 bits per heavy atom. The highest BCUT2D eigenvalue weighted by atomic mass is 79.9. The molecule has 1 aromatic rings. The van der Waals surface area contributed by atoms with Crippen LogP contribution in [0.25, 0.3) is 0 Å². The van der Waals surface area contributed by atoms with Gasteiger partial charge in [0, 0.05) is 17.6 Å². The molecule has 0 aliphatic rings. The number of rotatable bonds is 4. The first kappa shape index (κ1) is 15.6. The second-order valence-electron chi connectivity index (χ2n) is 5.63. The van der Waals surface area contributed by atoms with Crippen LogP contribution in [0.1, 0.15) is 26.3 Å². The van der Waals surface area contributed by atoms with Crippen LogP contribution in [0, 0.1) is 11.2 Å². The van der Waals surface area contributed by atoms with Crippen LogP contribution in [-0.4, -0.2) is 19.3 Å². The lowest BCUT2D eigenvalue weighted by molar-refractivity contribution is -0.00169. The van der Waals surface area contributed by atoms with Crippen LogP contribution in [0.4, 0.5) is 4.39 Å². The molecule has 1 rings (SSSR count). The van der Waals surface area contributed by atoms with E-state index in [-0.39, 0.29) is 23.4 Å². The standard InChI is InChI=1S/C14H21BrFNO/c1-14(2,3)13(18-4)12(17)8-9-7-10(16)5-6-11(9)15/h5-7,12-13H,8,17H2,1-4H3. The van der Waals surface area contributed by atoms with Gasteiger partial charge in [-0.25, -0.2) is 4.39 Å². The predicted octanol–water partition coefficient (Wildman–Crippen LogP) is 3.52. The molecule has 0 spiro atoms. The van der Waals surface area contributed by atoms with Crippen LogP contribution in [-0.2, 0) is 11.2 Å². The average Bonchev–Trinajstić information content (AvgIpc) is 2.22. The number of benzene rings is 1. The summed E-state index contributed by atoms with van der Waals surface area (Å²) in [5.41, 5.74) is 7.02. The van der Waals surface area contributed by atoms with Crippen molar-refractivity contribution in [2.75, 3.05) is 7.11 Å². The maximum Gasteiger partial charge on any atom is 0.123 e. The fourth-order valence-electron chi connectivity index (χ4n) is 2.23. The number of halogens is 2. The lowest BCUT2D eigenvalue weighted by atomic mass is 9.83. The molecule has 2 atom stereocenters. The molecule has 0 aliphatic carbocycles. The van der Waals surface area contributed by atoms with Crippen molar-refractivity contribution in [3.05, 3.63) is 34.1 Å². The first-order chi connectivity index (χ1) is 8.25. The zero-order chi connectivity index (χ0) is 13.9. The van der Waals surface area contributed by atoms with Crippen molar-refractivity contribution in [2.45, 2.75) is 39.3 Å². The smallest absolute Gasteiger partial charge is 0.123 e. The van der Waals surface area contributed by atoms with Gasteiger partial charge in [-0.2, -0.15) is 0 Å². The van der Waals surface area contributed by atoms with Crippen molar-refractivity contribution in [1.29, 1.82) is 0 Å². The molecule has 0 bridgehead atoms. The van der Waals surface area contributed by atoms with Crippen LogP contribution >= 0.6 is 15.9 Å². The number of nitrogens with two attached hydrogens (primary N) is 1. The Morgan fingerprint density at radius 2 is 2.00 bits per heavy atom. The van der Waals surface area contributed by atoms with Crippen LogP contribution in [0.3, 0.4) is 0 Å². The van der Waals surface area contributed by atoms with Crippen LogP contribution in [0.2, 0.25) is 0 Å². The number of hydrogen-bond acceptors (Lipinski definition) is 2. The fraction of sp³-hybridized carbons (Fsp3) is 0.571. The fourth-order valence-corrected chi connectivity index (χ4v) is 2.64. The van der Waals surface area contributed by atoms with Gasteiger partial charge in [-0.05, 0) is 35.6 Å². The van der Waals surface area contributed by atoms with Gasteiger partial charge in [0.1, 0.15) is 5.82 Å². The van der Waals surface area contributed by atoms with E-state index in [0.717, 1.165) is 10.0 Å². The van der Waals surface area contributed by atoms with E-state index in [4.69, 9.17) is 10.5 Å². The Kier molecular flexibility index (Phi) is 5.32. The van der Waals surface area contributed by atoms with Gasteiger partial charge in [0.15, 0.2) is 0 Å². The molecule has 0 saturated heterocycles. The van der Waals surface area contributed by atoms with Gasteiger partial charge in [0.05, 0.1) is 6.10 Å². The molecule has 0 heterocycles. The molecule has 0 amide bonds. The van der Waals surface area contributed by atoms with Crippen LogP contribution in [0.15, 0.2) is 22.7 Å². The summed E-state index contributed by atoms with van der Waals surface area (Å²) in [7, 11) is 1.66. The summed E-state index contributed by atoms with van der Waals surface area (Å²) in [4.78, 5) is 0. The highest BCUT2D eigenvalue weighted by Crippen LogP contribution is 2.27. The van der Waals surface area contributed by atoms with E-state index in [1.54, 1.807) is 13.2 Å². The third-order valence-corrected chi connectivity index (χ3v) is 3.73. The van der Waals surface area contributed by atoms with E-state index in [1.807, 2.05) is 0 Å². The third kappa shape index (κ3) is 4.04. The Morgan fingerprint density at radius 3 is 2.50 bits per heavy atom. The number of ether oxygens (including phenoxy) is 1. The molecule has 1 aromatic carbocycles. The summed E-state index contributed by atoms with van der Waals surface area (Å²) in [5, 5.41) is 0. The Bertz CT molecular complexity index is 403. The van der Waals surface area contributed by atoms with Crippen LogP contribution in [0.5, 0.6) is 0 Å². The first-order valence-electron chi connectivity index (χ1n) is 5.98. The molecule has 0 radical (unpaired) electrons. The van der Waals surface area contributed by atoms with E-state index in [0.29, 0.717) is 6.42 Å². The summed E-state index contributed by atoms with van der Waals surface area (Å²) >= 11 is 3.42. The molecule has 4 heteroatoms. The largest absolute Gasteiger partial charge is 0.379 e. The minimum Gasteiger partial charge on any atom is -0.379 e. The van der Waals surface area contributed by atoms with E-state index in [2.05, 4.69) is 36.7 Å². The average molecular weight is 318 g/mol. The normalized spacial score (nSPS) is 15.5. The molecule has 0 aliphatic heterocycles. The van der Waals surface area contributed by atoms with Gasteiger partial charge >= 0.3 is 0 Å². The Hall–Kier alpha value is -0.450. The van der Waals surface area contributed by atoms with Crippen molar-refractivity contribution in [3.63, 3.8) is 0 Å². The quantitative estimate of drug-likeness (QED) is 0.922. The topological polar surface area (TPSA) is 35.2 Å². The van der Waals surface area contributed by atoms with Crippen molar-refractivity contribution in [1.82, 2.24) is 0 Å². The molecule has 2 nitrogen and oxygen atoms in total. The lowest BCUT2D eigenvalue weighted by Gasteiger charge is -2.34. The molecule has 2 unspecified atom stereocenters. The monoisotopic (exact) mass is 317 g/mol. The highest BCUT2D eigenvalue weighted by Gasteiger charge is 2.30. The van der Waals surface area contributed by atoms with Gasteiger partial charge in [0.2, 0.25) is 0 Å². The maximum absolute atomic E-state index is 13.2. The van der Waals surface area contributed by atoms with Crippen LogP contribution < -0.4 is 5.73 Å². The zero-order valence-electron chi connectivity index (χ0n) is 11.3. The van der Waals surface area contributed by atoms with Gasteiger partial charge in [-0.15, -0.1) is 0 Å². The minimum atomic E-state index is -0.245. The summed E-state index contributed by atoms with van der Waals surface area (Å²) < 4.78 is 19.6. The Labute approximate surface area is 117 Å². The van der Waals surface area contributed by atoms with Gasteiger partial charge < -0.3 is 10.5 Å². The van der Waals surface area contributed by atoms with Gasteiger partial charge in [-0.1, -0.05) is 36.7 Å². The summed E-state index contributed by atoms with van der Waals surface area (Å²) in [6.07, 6.45) is 0.501. The lowest BCUT2D eigenvalue weighted by Crippen LogP contribution is -2.46. The number of methoxy groups -OCH3 is 1. The van der Waals surface area contributed by atoms with Crippen molar-refractivity contribution in [3.8, 4) is 0 Å². The maximum atomic E-state index is 13.2. The van der Waals surface area contributed by atoms with Crippen molar-refractivity contribution < 1.29 is 9.13 Å². The van der Waals surface area contributed by atoms with Crippen molar-refractivity contribution in [2.24, 2.45) is 11.1 Å². The first-order valence-corrected chi connectivity index (χ1v) is 6.77. The van der Waals surface area contributed by atoms with Gasteiger partial charge in [-0.3, -0.25) is 0 Å². The second kappa shape index (κ2) is 6.13. The molecular formula is C14H21BrFNO. The summed E-state index contributed by atoms with van der Waals surface area (Å²) in [6, 6.07) is 4.47. The number of hydrogen-bond donors (Lipinski definition) is 1.